The van der Waals surface area contributed by atoms with Gasteiger partial charge in [0.25, 0.3) is 0 Å². The first-order valence-corrected chi connectivity index (χ1v) is 17.1. The van der Waals surface area contributed by atoms with E-state index in [4.69, 9.17) is 11.5 Å². The van der Waals surface area contributed by atoms with E-state index in [2.05, 4.69) is 10.6 Å². The minimum atomic E-state index is -1.31. The van der Waals surface area contributed by atoms with Crippen molar-refractivity contribution in [3.8, 4) is 11.5 Å². The van der Waals surface area contributed by atoms with Crippen LogP contribution in [0.2, 0.25) is 0 Å². The minimum absolute atomic E-state index is 0. The van der Waals surface area contributed by atoms with Gasteiger partial charge in [-0.05, 0) is 63.1 Å². The Labute approximate surface area is 351 Å². The van der Waals surface area contributed by atoms with Gasteiger partial charge in [-0.3, -0.25) is 19.2 Å². The van der Waals surface area contributed by atoms with Crippen LogP contribution in [0.15, 0.2) is 48.5 Å². The molecule has 268 valence electrons. The summed E-state index contributed by atoms with van der Waals surface area (Å²) < 4.78 is -1.42. The van der Waals surface area contributed by atoms with Crippen LogP contribution in [0.25, 0.3) is 0 Å². The maximum Gasteiger partial charge on any atom is 1.00 e. The molecular weight excluding hydrogens is 738 g/mol. The number of benzene rings is 2. The van der Waals surface area contributed by atoms with E-state index in [0.29, 0.717) is 11.1 Å². The van der Waals surface area contributed by atoms with Gasteiger partial charge in [-0.15, -0.1) is 23.5 Å². The SMILES string of the molecule is CC1(C)S[C@@H]2[C@H](NC(=O)C(N)c3ccc(O)cc3)C(=O)N2[C@H]1C(=O)[O-].CC1(C)S[C@@H]2[C@H](NC(=O)C(N)c3ccc(O)cc3)C(=O)N2[C@H]1C(=O)[O-].[Na+].[Na+]. The van der Waals surface area contributed by atoms with Crippen LogP contribution in [0.4, 0.5) is 0 Å². The van der Waals surface area contributed by atoms with Crippen LogP contribution >= 0.6 is 23.5 Å². The monoisotopic (exact) mass is 774 g/mol. The number of nitrogens with one attached hydrogen (secondary N) is 2. The van der Waals surface area contributed by atoms with Crippen LogP contribution in [0.1, 0.15) is 50.9 Å². The van der Waals surface area contributed by atoms with Gasteiger partial charge >= 0.3 is 59.1 Å². The summed E-state index contributed by atoms with van der Waals surface area (Å²) in [6.45, 7) is 6.91. The van der Waals surface area contributed by atoms with Crippen molar-refractivity contribution in [2.75, 3.05) is 0 Å². The molecule has 0 saturated carbocycles. The molecule has 0 aromatic heterocycles. The number of phenolic OH excluding ortho intramolecular Hbond substituents is 2. The zero-order valence-electron chi connectivity index (χ0n) is 29.3. The molecule has 0 radical (unpaired) electrons. The first-order chi connectivity index (χ1) is 23.3. The van der Waals surface area contributed by atoms with E-state index in [-0.39, 0.29) is 70.6 Å². The van der Waals surface area contributed by atoms with Gasteiger partial charge < -0.3 is 61.9 Å². The number of carboxylic acids is 2. The van der Waals surface area contributed by atoms with E-state index in [0.717, 1.165) is 0 Å². The van der Waals surface area contributed by atoms with Gasteiger partial charge in [-0.1, -0.05) is 24.3 Å². The van der Waals surface area contributed by atoms with Crippen molar-refractivity contribution < 1.29 is 108 Å². The standard InChI is InChI=1S/2C16H19N3O5S.2Na/c2*1-16(2)11(15(23)24)19-13(22)10(14(19)25-16)18-12(21)9(17)7-3-5-8(20)6-4-7;;/h2*3-6,9-11,14,20H,17H2,1-2H3,(H,18,21)(H,23,24);;/q;;2*+1/p-2/t2*9?,10-,11+,14-;;/m11../s1. The number of aliphatic carboxylic acids is 2. The molecule has 4 heterocycles. The summed E-state index contributed by atoms with van der Waals surface area (Å²) in [4.78, 5) is 74.5. The number of amides is 4. The average molecular weight is 775 g/mol. The Morgan fingerprint density at radius 2 is 0.962 bits per heavy atom. The summed E-state index contributed by atoms with van der Waals surface area (Å²) in [5.41, 5.74) is 12.8. The largest absolute Gasteiger partial charge is 1.00 e. The molecule has 4 saturated heterocycles. The number of β-lactam (4-membered cyclic amide) rings is 2. The average Bonchev–Trinajstić information content (AvgIpc) is 3.47. The van der Waals surface area contributed by atoms with E-state index in [1.54, 1.807) is 27.7 Å². The number of aromatic hydroxyl groups is 2. The topological polar surface area (TPSA) is 272 Å². The predicted molar refractivity (Wildman–Crippen MR) is 176 cm³/mol. The number of thioether (sulfide) groups is 2. The van der Waals surface area contributed by atoms with Gasteiger partial charge in [0.2, 0.25) is 23.6 Å². The Hall–Kier alpha value is -2.52. The van der Waals surface area contributed by atoms with Crippen molar-refractivity contribution in [3.05, 3.63) is 59.7 Å². The molecule has 4 amide bonds. The van der Waals surface area contributed by atoms with Gasteiger partial charge in [-0.25, -0.2) is 0 Å². The number of phenols is 2. The molecule has 2 aromatic rings. The molecular formula is C32H36N6Na2O10S2. The second-order valence-electron chi connectivity index (χ2n) is 13.3. The zero-order chi connectivity index (χ0) is 37.0. The Morgan fingerprint density at radius 1 is 0.673 bits per heavy atom. The number of hydrogen-bond donors (Lipinski definition) is 6. The fourth-order valence-corrected chi connectivity index (χ4v) is 9.65. The summed E-state index contributed by atoms with van der Waals surface area (Å²) >= 11 is 2.63. The summed E-state index contributed by atoms with van der Waals surface area (Å²) in [5.74, 6) is -4.50. The number of carbonyl (C=O) groups excluding carboxylic acids is 6. The molecule has 2 unspecified atom stereocenters. The Bertz CT molecular complexity index is 1610. The maximum atomic E-state index is 12.3. The van der Waals surface area contributed by atoms with E-state index >= 15 is 0 Å². The van der Waals surface area contributed by atoms with Crippen LogP contribution in [-0.2, 0) is 28.8 Å². The third-order valence-electron chi connectivity index (χ3n) is 8.99. The Morgan fingerprint density at radius 3 is 1.23 bits per heavy atom. The predicted octanol–water partition coefficient (Wildman–Crippen LogP) is -8.61. The van der Waals surface area contributed by atoms with Gasteiger partial charge in [0.05, 0.1) is 24.0 Å². The molecule has 8 N–H and O–H groups in total. The van der Waals surface area contributed by atoms with Crippen molar-refractivity contribution in [1.29, 1.82) is 0 Å². The first-order valence-electron chi connectivity index (χ1n) is 15.4. The maximum absolute atomic E-state index is 12.3. The normalized spacial score (nSPS) is 27.0. The number of carbonyl (C=O) groups is 6. The van der Waals surface area contributed by atoms with Crippen LogP contribution in [0.5, 0.6) is 11.5 Å². The summed E-state index contributed by atoms with van der Waals surface area (Å²) in [6.07, 6.45) is 0. The fourth-order valence-electron chi connectivity index (χ4n) is 6.41. The van der Waals surface area contributed by atoms with E-state index < -0.39 is 92.1 Å². The number of rotatable bonds is 8. The molecule has 8 atom stereocenters. The molecule has 2 aromatic carbocycles. The van der Waals surface area contributed by atoms with Crippen LogP contribution in [0, 0.1) is 0 Å². The molecule has 4 aliphatic rings. The summed E-state index contributed by atoms with van der Waals surface area (Å²) in [5, 5.41) is 45.5. The molecule has 20 heteroatoms. The van der Waals surface area contributed by atoms with Crippen molar-refractivity contribution in [1.82, 2.24) is 20.4 Å². The number of nitrogens with zero attached hydrogens (tertiary/aromatic N) is 2. The molecule has 0 bridgehead atoms. The van der Waals surface area contributed by atoms with Gasteiger partial charge in [0.15, 0.2) is 0 Å². The molecule has 16 nitrogen and oxygen atoms in total. The number of carboxylic acid groups (broad SMARTS) is 2. The van der Waals surface area contributed by atoms with Crippen molar-refractivity contribution in [2.24, 2.45) is 11.5 Å². The number of hydrogen-bond acceptors (Lipinski definition) is 14. The van der Waals surface area contributed by atoms with Crippen molar-refractivity contribution in [3.63, 3.8) is 0 Å². The van der Waals surface area contributed by atoms with E-state index in [1.165, 1.54) is 81.9 Å². The van der Waals surface area contributed by atoms with Crippen LogP contribution < -0.4 is 91.4 Å². The van der Waals surface area contributed by atoms with Crippen LogP contribution in [0.3, 0.4) is 0 Å². The molecule has 4 aliphatic heterocycles. The van der Waals surface area contributed by atoms with Gasteiger partial charge in [-0.2, -0.15) is 0 Å². The molecule has 0 aliphatic carbocycles. The first kappa shape index (κ1) is 43.9. The quantitative estimate of drug-likeness (QED) is 0.107. The van der Waals surface area contributed by atoms with E-state index in [1.807, 2.05) is 0 Å². The minimum Gasteiger partial charge on any atom is -0.548 e. The number of nitrogens with two attached hydrogens (primary N) is 2. The third-order valence-corrected chi connectivity index (χ3v) is 12.1. The smallest absolute Gasteiger partial charge is 0.548 e. The third kappa shape index (κ3) is 8.25. The second kappa shape index (κ2) is 16.5. The summed E-state index contributed by atoms with van der Waals surface area (Å²) in [7, 11) is 0. The molecule has 52 heavy (non-hydrogen) atoms. The Kier molecular flexibility index (Phi) is 13.9. The number of fused-ring (bicyclic) bond motifs is 2. The van der Waals surface area contributed by atoms with Gasteiger partial charge in [0, 0.05) is 9.49 Å². The fraction of sp³-hybridized carbons (Fsp3) is 0.438. The second-order valence-corrected chi connectivity index (χ2v) is 16.8. The Balaban J connectivity index is 0.000000270. The van der Waals surface area contributed by atoms with Crippen LogP contribution in [-0.4, -0.2) is 100.0 Å². The zero-order valence-corrected chi connectivity index (χ0v) is 34.9. The van der Waals surface area contributed by atoms with Crippen molar-refractivity contribution >= 4 is 59.1 Å². The van der Waals surface area contributed by atoms with E-state index in [9.17, 15) is 49.2 Å². The van der Waals surface area contributed by atoms with Crippen molar-refractivity contribution in [2.45, 2.75) is 84.2 Å². The summed E-state index contributed by atoms with van der Waals surface area (Å²) in [6, 6.07) is 6.05. The molecule has 6 rings (SSSR count). The van der Waals surface area contributed by atoms with Gasteiger partial charge in [0.1, 0.15) is 46.4 Å². The molecule has 4 fully saturated rings. The molecule has 0 spiro atoms.